The number of aromatic nitrogens is 2. The molecular weight excluding hydrogens is 396 g/mol. The van der Waals surface area contributed by atoms with Crippen LogP contribution in [0.15, 0.2) is 54.7 Å². The van der Waals surface area contributed by atoms with Crippen LogP contribution in [0, 0.1) is 12.8 Å². The SMILES string of the molecule is Cc1cccc(-c2nc(NCc3cccc(Cl)c3)ncc2C(=O)N(C)CC(C)C)c1.[HH]. The predicted molar refractivity (Wildman–Crippen MR) is 125 cm³/mol. The number of aryl methyl sites for hydroxylation is 1. The van der Waals surface area contributed by atoms with Gasteiger partial charge in [-0.15, -0.1) is 0 Å². The molecule has 3 aromatic rings. The molecule has 0 bridgehead atoms. The van der Waals surface area contributed by atoms with E-state index in [-0.39, 0.29) is 7.33 Å². The normalized spacial score (nSPS) is 10.9. The van der Waals surface area contributed by atoms with Crippen LogP contribution in [0.1, 0.15) is 36.8 Å². The van der Waals surface area contributed by atoms with Gasteiger partial charge in [0.2, 0.25) is 5.95 Å². The lowest BCUT2D eigenvalue weighted by molar-refractivity contribution is 0.0779. The maximum absolute atomic E-state index is 13.1. The largest absolute Gasteiger partial charge is 0.350 e. The van der Waals surface area contributed by atoms with Crippen LogP contribution in [0.5, 0.6) is 0 Å². The van der Waals surface area contributed by atoms with E-state index in [1.807, 2.05) is 62.5 Å². The fraction of sp³-hybridized carbons (Fsp3) is 0.292. The minimum Gasteiger partial charge on any atom is -0.350 e. The summed E-state index contributed by atoms with van der Waals surface area (Å²) in [7, 11) is 1.81. The summed E-state index contributed by atoms with van der Waals surface area (Å²) in [6, 6.07) is 15.6. The Morgan fingerprint density at radius 2 is 1.97 bits per heavy atom. The molecule has 3 rings (SSSR count). The molecule has 1 heterocycles. The average Bonchev–Trinajstić information content (AvgIpc) is 2.71. The number of benzene rings is 2. The van der Waals surface area contributed by atoms with E-state index in [4.69, 9.17) is 16.6 Å². The molecule has 2 aromatic carbocycles. The molecule has 0 aliphatic heterocycles. The van der Waals surface area contributed by atoms with Gasteiger partial charge in [0.15, 0.2) is 0 Å². The number of halogens is 1. The molecule has 0 unspecified atom stereocenters. The molecule has 0 saturated carbocycles. The van der Waals surface area contributed by atoms with Crippen LogP contribution in [-0.4, -0.2) is 34.4 Å². The van der Waals surface area contributed by atoms with Gasteiger partial charge in [-0.2, -0.15) is 0 Å². The van der Waals surface area contributed by atoms with Gasteiger partial charge in [0.1, 0.15) is 0 Å². The van der Waals surface area contributed by atoms with Crippen LogP contribution < -0.4 is 5.32 Å². The summed E-state index contributed by atoms with van der Waals surface area (Å²) in [5, 5.41) is 3.92. The lowest BCUT2D eigenvalue weighted by Gasteiger charge is -2.21. The Bertz CT molecular complexity index is 1040. The van der Waals surface area contributed by atoms with E-state index in [0.717, 1.165) is 16.7 Å². The summed E-state index contributed by atoms with van der Waals surface area (Å²) in [5.41, 5.74) is 4.15. The van der Waals surface area contributed by atoms with Crippen molar-refractivity contribution in [2.45, 2.75) is 27.3 Å². The van der Waals surface area contributed by atoms with Crippen molar-refractivity contribution in [2.24, 2.45) is 5.92 Å². The van der Waals surface area contributed by atoms with Crippen molar-refractivity contribution in [3.8, 4) is 11.3 Å². The average molecular weight is 425 g/mol. The summed E-state index contributed by atoms with van der Waals surface area (Å²) in [6.07, 6.45) is 1.62. The highest BCUT2D eigenvalue weighted by Crippen LogP contribution is 2.25. The topological polar surface area (TPSA) is 58.1 Å². The summed E-state index contributed by atoms with van der Waals surface area (Å²) < 4.78 is 0. The zero-order valence-electron chi connectivity index (χ0n) is 17.8. The summed E-state index contributed by atoms with van der Waals surface area (Å²) >= 11 is 6.07. The van der Waals surface area contributed by atoms with E-state index in [2.05, 4.69) is 24.1 Å². The van der Waals surface area contributed by atoms with Crippen molar-refractivity contribution < 1.29 is 6.22 Å². The van der Waals surface area contributed by atoms with Crippen molar-refractivity contribution in [1.29, 1.82) is 0 Å². The van der Waals surface area contributed by atoms with Gasteiger partial charge >= 0.3 is 0 Å². The van der Waals surface area contributed by atoms with Gasteiger partial charge in [0.25, 0.3) is 5.91 Å². The fourth-order valence-electron chi connectivity index (χ4n) is 3.30. The maximum Gasteiger partial charge on any atom is 0.257 e. The van der Waals surface area contributed by atoms with E-state index >= 15 is 0 Å². The Labute approximate surface area is 184 Å². The Morgan fingerprint density at radius 1 is 1.20 bits per heavy atom. The van der Waals surface area contributed by atoms with E-state index in [1.54, 1.807) is 11.1 Å². The van der Waals surface area contributed by atoms with Crippen molar-refractivity contribution in [2.75, 3.05) is 18.9 Å². The van der Waals surface area contributed by atoms with Crippen molar-refractivity contribution in [1.82, 2.24) is 14.9 Å². The van der Waals surface area contributed by atoms with Crippen molar-refractivity contribution in [3.63, 3.8) is 0 Å². The molecule has 0 atom stereocenters. The van der Waals surface area contributed by atoms with E-state index in [1.165, 1.54) is 0 Å². The Kier molecular flexibility index (Phi) is 7.06. The number of rotatable bonds is 7. The first-order valence-electron chi connectivity index (χ1n) is 10.0. The van der Waals surface area contributed by atoms with Crippen LogP contribution in [-0.2, 0) is 6.54 Å². The summed E-state index contributed by atoms with van der Waals surface area (Å²) in [5.74, 6) is 0.761. The van der Waals surface area contributed by atoms with Gasteiger partial charge in [-0.25, -0.2) is 9.97 Å². The molecule has 0 fully saturated rings. The van der Waals surface area contributed by atoms with Crippen LogP contribution in [0.2, 0.25) is 5.02 Å². The third kappa shape index (κ3) is 5.57. The first-order chi connectivity index (χ1) is 14.3. The second-order valence-electron chi connectivity index (χ2n) is 7.89. The van der Waals surface area contributed by atoms with Crippen LogP contribution in [0.4, 0.5) is 5.95 Å². The molecule has 0 spiro atoms. The summed E-state index contributed by atoms with van der Waals surface area (Å²) in [4.78, 5) is 23.9. The second kappa shape index (κ2) is 9.72. The van der Waals surface area contributed by atoms with Gasteiger partial charge < -0.3 is 10.2 Å². The van der Waals surface area contributed by atoms with Crippen molar-refractivity contribution in [3.05, 3.63) is 76.4 Å². The molecule has 1 N–H and O–H groups in total. The highest BCUT2D eigenvalue weighted by Gasteiger charge is 2.20. The first kappa shape index (κ1) is 21.8. The molecule has 0 aliphatic carbocycles. The lowest BCUT2D eigenvalue weighted by Crippen LogP contribution is -2.31. The number of anilines is 1. The molecule has 1 aromatic heterocycles. The molecule has 1 amide bonds. The number of nitrogens with zero attached hydrogens (tertiary/aromatic N) is 3. The molecule has 0 aliphatic rings. The fourth-order valence-corrected chi connectivity index (χ4v) is 3.51. The molecule has 5 nitrogen and oxygen atoms in total. The third-order valence-electron chi connectivity index (χ3n) is 4.64. The van der Waals surface area contributed by atoms with Gasteiger partial charge in [0, 0.05) is 38.3 Å². The third-order valence-corrected chi connectivity index (χ3v) is 4.87. The molecule has 6 heteroatoms. The predicted octanol–water partition coefficient (Wildman–Crippen LogP) is 5.69. The maximum atomic E-state index is 13.1. The molecule has 30 heavy (non-hydrogen) atoms. The lowest BCUT2D eigenvalue weighted by atomic mass is 10.0. The first-order valence-corrected chi connectivity index (χ1v) is 10.4. The molecule has 0 radical (unpaired) electrons. The Morgan fingerprint density at radius 3 is 2.67 bits per heavy atom. The highest BCUT2D eigenvalue weighted by molar-refractivity contribution is 6.30. The zero-order chi connectivity index (χ0) is 21.7. The van der Waals surface area contributed by atoms with E-state index in [0.29, 0.717) is 41.2 Å². The molecular formula is C24H29ClN4O. The molecule has 158 valence electrons. The minimum absolute atomic E-state index is 0. The minimum atomic E-state index is -0.0819. The van der Waals surface area contributed by atoms with E-state index < -0.39 is 0 Å². The number of hydrogen-bond acceptors (Lipinski definition) is 4. The summed E-state index contributed by atoms with van der Waals surface area (Å²) in [6.45, 7) is 7.40. The zero-order valence-corrected chi connectivity index (χ0v) is 18.6. The van der Waals surface area contributed by atoms with Crippen LogP contribution in [0.25, 0.3) is 11.3 Å². The Hall–Kier alpha value is -2.92. The Balaban J connectivity index is 0.00000341. The quantitative estimate of drug-likeness (QED) is 0.529. The number of hydrogen-bond donors (Lipinski definition) is 1. The van der Waals surface area contributed by atoms with Gasteiger partial charge in [-0.3, -0.25) is 4.79 Å². The van der Waals surface area contributed by atoms with Crippen molar-refractivity contribution >= 4 is 23.5 Å². The number of carbonyl (C=O) groups is 1. The van der Waals surface area contributed by atoms with Gasteiger partial charge in [0.05, 0.1) is 11.3 Å². The second-order valence-corrected chi connectivity index (χ2v) is 8.32. The number of carbonyl (C=O) groups excluding carboxylic acids is 1. The van der Waals surface area contributed by atoms with Crippen LogP contribution in [0.3, 0.4) is 0 Å². The van der Waals surface area contributed by atoms with Crippen LogP contribution >= 0.6 is 11.6 Å². The smallest absolute Gasteiger partial charge is 0.257 e. The van der Waals surface area contributed by atoms with Gasteiger partial charge in [-0.1, -0.05) is 61.3 Å². The molecule has 0 saturated heterocycles. The number of amides is 1. The monoisotopic (exact) mass is 424 g/mol. The van der Waals surface area contributed by atoms with Gasteiger partial charge in [-0.05, 0) is 36.6 Å². The van der Waals surface area contributed by atoms with E-state index in [9.17, 15) is 4.79 Å². The standard InChI is InChI=1S/C24H27ClN4O.H2/c1-16(2)15-29(4)23(30)21-14-27-24(26-13-18-8-6-10-20(25)12-18)28-22(21)19-9-5-7-17(3)11-19;/h5-12,14,16H,13,15H2,1-4H3,(H,26,27,28);1H. The number of nitrogens with one attached hydrogen (secondary N) is 1. The highest BCUT2D eigenvalue weighted by atomic mass is 35.5.